The van der Waals surface area contributed by atoms with Crippen molar-refractivity contribution in [1.29, 1.82) is 0 Å². The number of hydrogen-bond acceptors (Lipinski definition) is 5. The number of nitrogens with zero attached hydrogens (tertiary/aromatic N) is 4. The van der Waals surface area contributed by atoms with Gasteiger partial charge in [0.2, 0.25) is 11.8 Å². The molecule has 0 fully saturated rings. The number of aryl methyl sites for hydroxylation is 2. The Bertz CT molecular complexity index is 1150. The summed E-state index contributed by atoms with van der Waals surface area (Å²) in [4.78, 5) is 25.2. The molecule has 7 nitrogen and oxygen atoms in total. The van der Waals surface area contributed by atoms with Crippen molar-refractivity contribution in [2.45, 2.75) is 20.3 Å². The lowest BCUT2D eigenvalue weighted by Crippen LogP contribution is -2.14. The minimum absolute atomic E-state index is 0.0679. The summed E-state index contributed by atoms with van der Waals surface area (Å²) in [6.45, 7) is 3.72. The Kier molecular flexibility index (Phi) is 5.52. The van der Waals surface area contributed by atoms with Crippen molar-refractivity contribution in [3.05, 3.63) is 90.3 Å². The molecule has 2 heterocycles. The first kappa shape index (κ1) is 19.3. The molecule has 7 heteroatoms. The Morgan fingerprint density at radius 2 is 1.80 bits per heavy atom. The smallest absolute Gasteiger partial charge is 0.228 e. The number of rotatable bonds is 6. The fraction of sp³-hybridized carbons (Fsp3) is 0.130. The number of carbonyl (C=O) groups is 1. The second-order valence-electron chi connectivity index (χ2n) is 6.79. The van der Waals surface area contributed by atoms with E-state index < -0.39 is 0 Å². The maximum atomic E-state index is 12.2. The SMILES string of the molecule is Cc1nc(Oc2ccc(NC(=O)Cc3ccccc3)cc2)cc(-n2ccnc2C)n1. The number of hydrogen-bond donors (Lipinski definition) is 1. The summed E-state index contributed by atoms with van der Waals surface area (Å²) in [5.74, 6) is 3.10. The number of benzene rings is 2. The zero-order valence-corrected chi connectivity index (χ0v) is 16.7. The highest BCUT2D eigenvalue weighted by Gasteiger charge is 2.09. The maximum absolute atomic E-state index is 12.2. The van der Waals surface area contributed by atoms with Crippen LogP contribution in [0, 0.1) is 13.8 Å². The summed E-state index contributed by atoms with van der Waals surface area (Å²) in [7, 11) is 0. The van der Waals surface area contributed by atoms with Gasteiger partial charge in [-0.25, -0.2) is 9.97 Å². The third kappa shape index (κ3) is 4.70. The summed E-state index contributed by atoms with van der Waals surface area (Å²) in [6, 6.07) is 18.6. The van der Waals surface area contributed by atoms with Crippen molar-refractivity contribution in [3.8, 4) is 17.4 Å². The zero-order valence-electron chi connectivity index (χ0n) is 16.7. The maximum Gasteiger partial charge on any atom is 0.228 e. The van der Waals surface area contributed by atoms with Crippen LogP contribution in [0.15, 0.2) is 73.1 Å². The van der Waals surface area contributed by atoms with Crippen molar-refractivity contribution >= 4 is 11.6 Å². The molecule has 0 radical (unpaired) electrons. The molecule has 150 valence electrons. The molecule has 1 amide bonds. The number of aromatic nitrogens is 4. The molecule has 4 aromatic rings. The highest BCUT2D eigenvalue weighted by atomic mass is 16.5. The molecule has 1 N–H and O–H groups in total. The Labute approximate surface area is 174 Å². The molecule has 0 aliphatic carbocycles. The Morgan fingerprint density at radius 1 is 1.03 bits per heavy atom. The van der Waals surface area contributed by atoms with Gasteiger partial charge < -0.3 is 10.1 Å². The molecule has 2 aromatic carbocycles. The highest BCUT2D eigenvalue weighted by molar-refractivity contribution is 5.92. The molecule has 0 aliphatic rings. The first-order valence-corrected chi connectivity index (χ1v) is 9.54. The first-order chi connectivity index (χ1) is 14.6. The summed E-state index contributed by atoms with van der Waals surface area (Å²) < 4.78 is 7.76. The van der Waals surface area contributed by atoms with Crippen LogP contribution < -0.4 is 10.1 Å². The van der Waals surface area contributed by atoms with Gasteiger partial charge in [-0.1, -0.05) is 30.3 Å². The van der Waals surface area contributed by atoms with Crippen LogP contribution in [0.2, 0.25) is 0 Å². The summed E-state index contributed by atoms with van der Waals surface area (Å²) in [5, 5.41) is 2.89. The van der Waals surface area contributed by atoms with Gasteiger partial charge in [0.25, 0.3) is 0 Å². The van der Waals surface area contributed by atoms with Gasteiger partial charge in [0.05, 0.1) is 6.42 Å². The quantitative estimate of drug-likeness (QED) is 0.524. The van der Waals surface area contributed by atoms with E-state index in [1.54, 1.807) is 36.5 Å². The fourth-order valence-corrected chi connectivity index (χ4v) is 3.03. The van der Waals surface area contributed by atoms with Crippen LogP contribution in [0.25, 0.3) is 5.82 Å². The lowest BCUT2D eigenvalue weighted by atomic mass is 10.1. The van der Waals surface area contributed by atoms with Crippen LogP contribution in [-0.4, -0.2) is 25.4 Å². The molecule has 0 saturated heterocycles. The summed E-state index contributed by atoms with van der Waals surface area (Å²) in [5.41, 5.74) is 1.68. The Balaban J connectivity index is 1.43. The average Bonchev–Trinajstić information content (AvgIpc) is 3.16. The number of ether oxygens (including phenoxy) is 1. The van der Waals surface area contributed by atoms with Crippen LogP contribution in [0.3, 0.4) is 0 Å². The lowest BCUT2D eigenvalue weighted by Gasteiger charge is -2.10. The van der Waals surface area contributed by atoms with E-state index in [0.717, 1.165) is 11.4 Å². The van der Waals surface area contributed by atoms with Crippen molar-refractivity contribution in [2.75, 3.05) is 5.32 Å². The van der Waals surface area contributed by atoms with Gasteiger partial charge in [-0.2, -0.15) is 4.98 Å². The molecule has 0 atom stereocenters. The minimum Gasteiger partial charge on any atom is -0.439 e. The first-order valence-electron chi connectivity index (χ1n) is 9.54. The van der Waals surface area contributed by atoms with Crippen LogP contribution in [-0.2, 0) is 11.2 Å². The van der Waals surface area contributed by atoms with Crippen molar-refractivity contribution in [2.24, 2.45) is 0 Å². The lowest BCUT2D eigenvalue weighted by molar-refractivity contribution is -0.115. The van der Waals surface area contributed by atoms with Gasteiger partial charge >= 0.3 is 0 Å². The molecule has 0 saturated carbocycles. The van der Waals surface area contributed by atoms with E-state index in [-0.39, 0.29) is 5.91 Å². The van der Waals surface area contributed by atoms with Gasteiger partial charge in [0.1, 0.15) is 23.2 Å². The summed E-state index contributed by atoms with van der Waals surface area (Å²) in [6.07, 6.45) is 3.89. The standard InChI is InChI=1S/C23H21N5O2/c1-16-25-21(28-13-12-24-17(28)2)15-23(26-16)30-20-10-8-19(9-11-20)27-22(29)14-18-6-4-3-5-7-18/h3-13,15H,14H2,1-2H3,(H,27,29). The predicted octanol–water partition coefficient (Wildman–Crippen LogP) is 4.25. The topological polar surface area (TPSA) is 81.9 Å². The third-order valence-corrected chi connectivity index (χ3v) is 4.44. The van der Waals surface area contributed by atoms with Gasteiger partial charge in [-0.3, -0.25) is 9.36 Å². The predicted molar refractivity (Wildman–Crippen MR) is 114 cm³/mol. The highest BCUT2D eigenvalue weighted by Crippen LogP contribution is 2.23. The number of carbonyl (C=O) groups excluding carboxylic acids is 1. The second-order valence-corrected chi connectivity index (χ2v) is 6.79. The minimum atomic E-state index is -0.0679. The molecule has 30 heavy (non-hydrogen) atoms. The van der Waals surface area contributed by atoms with Crippen LogP contribution in [0.1, 0.15) is 17.2 Å². The molecule has 0 bridgehead atoms. The number of amides is 1. The average molecular weight is 399 g/mol. The fourth-order valence-electron chi connectivity index (χ4n) is 3.03. The van der Waals surface area contributed by atoms with Crippen molar-refractivity contribution in [3.63, 3.8) is 0 Å². The van der Waals surface area contributed by atoms with E-state index in [2.05, 4.69) is 20.3 Å². The van der Waals surface area contributed by atoms with E-state index in [9.17, 15) is 4.79 Å². The number of imidazole rings is 1. The van der Waals surface area contributed by atoms with E-state index in [1.165, 1.54) is 0 Å². The monoisotopic (exact) mass is 399 g/mol. The van der Waals surface area contributed by atoms with E-state index in [0.29, 0.717) is 35.4 Å². The number of anilines is 1. The molecule has 4 rings (SSSR count). The van der Waals surface area contributed by atoms with E-state index in [1.807, 2.05) is 54.9 Å². The Morgan fingerprint density at radius 3 is 2.50 bits per heavy atom. The molecular formula is C23H21N5O2. The van der Waals surface area contributed by atoms with Gasteiger partial charge in [0, 0.05) is 24.1 Å². The van der Waals surface area contributed by atoms with Crippen LogP contribution >= 0.6 is 0 Å². The van der Waals surface area contributed by atoms with Gasteiger partial charge in [0.15, 0.2) is 0 Å². The van der Waals surface area contributed by atoms with Crippen LogP contribution in [0.5, 0.6) is 11.6 Å². The Hall–Kier alpha value is -4.00. The van der Waals surface area contributed by atoms with Gasteiger partial charge in [-0.05, 0) is 43.7 Å². The largest absolute Gasteiger partial charge is 0.439 e. The molecule has 0 spiro atoms. The molecule has 2 aromatic heterocycles. The summed E-state index contributed by atoms with van der Waals surface area (Å²) >= 11 is 0. The molecular weight excluding hydrogens is 378 g/mol. The van der Waals surface area contributed by atoms with Gasteiger partial charge in [-0.15, -0.1) is 0 Å². The van der Waals surface area contributed by atoms with E-state index in [4.69, 9.17) is 4.74 Å². The molecule has 0 aliphatic heterocycles. The number of nitrogens with one attached hydrogen (secondary N) is 1. The third-order valence-electron chi connectivity index (χ3n) is 4.44. The zero-order chi connectivity index (χ0) is 20.9. The normalized spacial score (nSPS) is 10.6. The van der Waals surface area contributed by atoms with Crippen molar-refractivity contribution < 1.29 is 9.53 Å². The van der Waals surface area contributed by atoms with E-state index >= 15 is 0 Å². The van der Waals surface area contributed by atoms with Crippen LogP contribution in [0.4, 0.5) is 5.69 Å². The molecule has 0 unspecified atom stereocenters. The second kappa shape index (κ2) is 8.57. The van der Waals surface area contributed by atoms with Crippen molar-refractivity contribution in [1.82, 2.24) is 19.5 Å².